The maximum Gasteiger partial charge on any atom is 0.251 e. The standard InChI is InChI=1S/C20H20N2O2/c23-15-17-5-3-16(4-6-17)11-12-21-20(24)18-7-9-19(10-8-18)22-13-1-2-14-22/h1-10,13-14,23H,11-12,15H2,(H,21,24). The Morgan fingerprint density at radius 3 is 2.17 bits per heavy atom. The molecule has 0 fully saturated rings. The number of hydrogen-bond donors (Lipinski definition) is 2. The number of carbonyl (C=O) groups excluding carboxylic acids is 1. The van der Waals surface area contributed by atoms with Gasteiger partial charge in [0.15, 0.2) is 0 Å². The average Bonchev–Trinajstić information content (AvgIpc) is 3.17. The number of nitrogens with one attached hydrogen (secondary N) is 1. The van der Waals surface area contributed by atoms with Crippen molar-refractivity contribution in [1.29, 1.82) is 0 Å². The number of nitrogens with zero attached hydrogens (tertiary/aromatic N) is 1. The third-order valence-electron chi connectivity index (χ3n) is 3.94. The molecule has 0 saturated carbocycles. The van der Waals surface area contributed by atoms with Gasteiger partial charge in [0.1, 0.15) is 0 Å². The van der Waals surface area contributed by atoms with Gasteiger partial charge in [-0.25, -0.2) is 0 Å². The molecule has 2 aromatic carbocycles. The van der Waals surface area contributed by atoms with E-state index in [0.717, 1.165) is 23.2 Å². The largest absolute Gasteiger partial charge is 0.392 e. The number of aromatic nitrogens is 1. The summed E-state index contributed by atoms with van der Waals surface area (Å²) in [6, 6.07) is 19.2. The fourth-order valence-electron chi connectivity index (χ4n) is 2.53. The van der Waals surface area contributed by atoms with Gasteiger partial charge in [-0.2, -0.15) is 0 Å². The summed E-state index contributed by atoms with van der Waals surface area (Å²) in [4.78, 5) is 12.2. The van der Waals surface area contributed by atoms with Crippen LogP contribution in [0.4, 0.5) is 0 Å². The van der Waals surface area contributed by atoms with Gasteiger partial charge in [0.2, 0.25) is 0 Å². The first-order chi connectivity index (χ1) is 11.8. The van der Waals surface area contributed by atoms with Gasteiger partial charge < -0.3 is 15.0 Å². The number of carbonyl (C=O) groups is 1. The first-order valence-electron chi connectivity index (χ1n) is 7.96. The first-order valence-corrected chi connectivity index (χ1v) is 7.96. The molecule has 3 rings (SSSR count). The number of aliphatic hydroxyl groups is 1. The fraction of sp³-hybridized carbons (Fsp3) is 0.150. The van der Waals surface area contributed by atoms with Crippen molar-refractivity contribution >= 4 is 5.91 Å². The second-order valence-electron chi connectivity index (χ2n) is 5.62. The highest BCUT2D eigenvalue weighted by molar-refractivity contribution is 5.94. The molecule has 0 aliphatic carbocycles. The van der Waals surface area contributed by atoms with E-state index in [0.29, 0.717) is 12.1 Å². The summed E-state index contributed by atoms with van der Waals surface area (Å²) in [5, 5.41) is 12.0. The van der Waals surface area contributed by atoms with Crippen LogP contribution in [0, 0.1) is 0 Å². The molecule has 1 aromatic heterocycles. The minimum Gasteiger partial charge on any atom is -0.392 e. The minimum atomic E-state index is -0.0685. The molecule has 1 heterocycles. The first kappa shape index (κ1) is 16.0. The molecule has 0 atom stereocenters. The van der Waals surface area contributed by atoms with Crippen LogP contribution in [0.25, 0.3) is 5.69 Å². The number of amides is 1. The molecule has 4 nitrogen and oxygen atoms in total. The van der Waals surface area contributed by atoms with Gasteiger partial charge in [0.25, 0.3) is 5.91 Å². The molecule has 0 unspecified atom stereocenters. The van der Waals surface area contributed by atoms with Crippen LogP contribution in [0.2, 0.25) is 0 Å². The lowest BCUT2D eigenvalue weighted by molar-refractivity contribution is 0.0954. The van der Waals surface area contributed by atoms with E-state index >= 15 is 0 Å². The van der Waals surface area contributed by atoms with Crippen molar-refractivity contribution in [3.63, 3.8) is 0 Å². The Bertz CT molecular complexity index is 776. The van der Waals surface area contributed by atoms with Gasteiger partial charge in [0.05, 0.1) is 6.61 Å². The van der Waals surface area contributed by atoms with Gasteiger partial charge in [-0.3, -0.25) is 4.79 Å². The highest BCUT2D eigenvalue weighted by Gasteiger charge is 2.05. The SMILES string of the molecule is O=C(NCCc1ccc(CO)cc1)c1ccc(-n2cccc2)cc1. The third kappa shape index (κ3) is 3.91. The summed E-state index contributed by atoms with van der Waals surface area (Å²) in [6.45, 7) is 0.632. The van der Waals surface area contributed by atoms with Crippen LogP contribution in [0.5, 0.6) is 0 Å². The molecular formula is C20H20N2O2. The lowest BCUT2D eigenvalue weighted by Gasteiger charge is -2.07. The van der Waals surface area contributed by atoms with Crippen molar-refractivity contribution < 1.29 is 9.90 Å². The summed E-state index contributed by atoms with van der Waals surface area (Å²) >= 11 is 0. The summed E-state index contributed by atoms with van der Waals surface area (Å²) in [5.74, 6) is -0.0685. The summed E-state index contributed by atoms with van der Waals surface area (Å²) in [6.07, 6.45) is 4.70. The highest BCUT2D eigenvalue weighted by Crippen LogP contribution is 2.10. The van der Waals surface area contributed by atoms with E-state index in [-0.39, 0.29) is 12.5 Å². The van der Waals surface area contributed by atoms with E-state index < -0.39 is 0 Å². The topological polar surface area (TPSA) is 54.3 Å². The number of hydrogen-bond acceptors (Lipinski definition) is 2. The molecule has 0 aliphatic rings. The predicted molar refractivity (Wildman–Crippen MR) is 94.2 cm³/mol. The van der Waals surface area contributed by atoms with E-state index in [1.165, 1.54) is 0 Å². The smallest absolute Gasteiger partial charge is 0.251 e. The second kappa shape index (κ2) is 7.62. The van der Waals surface area contributed by atoms with E-state index in [1.807, 2.05) is 77.6 Å². The predicted octanol–water partition coefficient (Wildman–Crippen LogP) is 2.94. The van der Waals surface area contributed by atoms with Crippen LogP contribution >= 0.6 is 0 Å². The monoisotopic (exact) mass is 320 g/mol. The molecular weight excluding hydrogens is 300 g/mol. The third-order valence-corrected chi connectivity index (χ3v) is 3.94. The Labute approximate surface area is 141 Å². The van der Waals surface area contributed by atoms with Crippen molar-refractivity contribution in [1.82, 2.24) is 9.88 Å². The maximum atomic E-state index is 12.2. The van der Waals surface area contributed by atoms with Crippen LogP contribution in [0.15, 0.2) is 73.1 Å². The van der Waals surface area contributed by atoms with Crippen LogP contribution in [0.3, 0.4) is 0 Å². The molecule has 122 valence electrons. The van der Waals surface area contributed by atoms with E-state index in [4.69, 9.17) is 5.11 Å². The Hall–Kier alpha value is -2.85. The van der Waals surface area contributed by atoms with Gasteiger partial charge >= 0.3 is 0 Å². The minimum absolute atomic E-state index is 0.0516. The van der Waals surface area contributed by atoms with Gasteiger partial charge in [0, 0.05) is 30.2 Å². The quantitative estimate of drug-likeness (QED) is 0.734. The Balaban J connectivity index is 1.53. The molecule has 1 amide bonds. The van der Waals surface area contributed by atoms with Crippen LogP contribution in [-0.4, -0.2) is 22.1 Å². The van der Waals surface area contributed by atoms with Gasteiger partial charge in [-0.05, 0) is 53.9 Å². The van der Waals surface area contributed by atoms with Crippen molar-refractivity contribution in [3.8, 4) is 5.69 Å². The molecule has 3 aromatic rings. The van der Waals surface area contributed by atoms with Crippen molar-refractivity contribution in [3.05, 3.63) is 89.7 Å². The van der Waals surface area contributed by atoms with Crippen LogP contribution in [0.1, 0.15) is 21.5 Å². The molecule has 0 aliphatic heterocycles. The molecule has 24 heavy (non-hydrogen) atoms. The number of aliphatic hydroxyl groups excluding tert-OH is 1. The molecule has 0 spiro atoms. The molecule has 0 saturated heterocycles. The normalized spacial score (nSPS) is 10.5. The van der Waals surface area contributed by atoms with Crippen molar-refractivity contribution in [2.45, 2.75) is 13.0 Å². The highest BCUT2D eigenvalue weighted by atomic mass is 16.3. The number of rotatable bonds is 6. The maximum absolute atomic E-state index is 12.2. The van der Waals surface area contributed by atoms with Crippen LogP contribution < -0.4 is 5.32 Å². The van der Waals surface area contributed by atoms with Crippen molar-refractivity contribution in [2.75, 3.05) is 6.54 Å². The van der Waals surface area contributed by atoms with Gasteiger partial charge in [-0.1, -0.05) is 24.3 Å². The van der Waals surface area contributed by atoms with E-state index in [1.54, 1.807) is 0 Å². The zero-order valence-corrected chi connectivity index (χ0v) is 13.4. The number of benzene rings is 2. The Morgan fingerprint density at radius 2 is 1.54 bits per heavy atom. The molecule has 4 heteroatoms. The second-order valence-corrected chi connectivity index (χ2v) is 5.62. The van der Waals surface area contributed by atoms with Gasteiger partial charge in [-0.15, -0.1) is 0 Å². The zero-order valence-electron chi connectivity index (χ0n) is 13.4. The van der Waals surface area contributed by atoms with Crippen molar-refractivity contribution in [2.24, 2.45) is 0 Å². The Morgan fingerprint density at radius 1 is 0.917 bits per heavy atom. The van der Waals surface area contributed by atoms with E-state index in [2.05, 4.69) is 5.32 Å². The summed E-state index contributed by atoms with van der Waals surface area (Å²) in [5.41, 5.74) is 3.71. The lowest BCUT2D eigenvalue weighted by Crippen LogP contribution is -2.25. The molecule has 2 N–H and O–H groups in total. The van der Waals surface area contributed by atoms with Crippen LogP contribution in [-0.2, 0) is 13.0 Å². The summed E-state index contributed by atoms with van der Waals surface area (Å²) < 4.78 is 2.00. The Kier molecular flexibility index (Phi) is 5.08. The lowest BCUT2D eigenvalue weighted by atomic mass is 10.1. The molecule has 0 bridgehead atoms. The summed E-state index contributed by atoms with van der Waals surface area (Å²) in [7, 11) is 0. The fourth-order valence-corrected chi connectivity index (χ4v) is 2.53. The van der Waals surface area contributed by atoms with E-state index in [9.17, 15) is 4.79 Å². The molecule has 0 radical (unpaired) electrons. The average molecular weight is 320 g/mol. The zero-order chi connectivity index (χ0) is 16.8.